The van der Waals surface area contributed by atoms with Crippen molar-refractivity contribution in [2.24, 2.45) is 0 Å². The Morgan fingerprint density at radius 3 is 2.46 bits per heavy atom. The molecule has 1 aromatic carbocycles. The molecule has 0 bridgehead atoms. The van der Waals surface area contributed by atoms with Crippen LogP contribution in [0.25, 0.3) is 10.9 Å². The van der Waals surface area contributed by atoms with E-state index in [0.717, 1.165) is 60.0 Å². The lowest BCUT2D eigenvalue weighted by molar-refractivity contribution is -0.137. The van der Waals surface area contributed by atoms with E-state index in [4.69, 9.17) is 5.73 Å². The Morgan fingerprint density at radius 2 is 1.78 bits per heavy atom. The number of hydrogen-bond acceptors (Lipinski definition) is 6. The predicted octanol–water partition coefficient (Wildman–Crippen LogP) is 5.30. The highest BCUT2D eigenvalue weighted by Gasteiger charge is 2.31. The van der Waals surface area contributed by atoms with E-state index in [9.17, 15) is 18.0 Å². The van der Waals surface area contributed by atoms with E-state index < -0.39 is 17.8 Å². The highest BCUT2D eigenvalue weighted by molar-refractivity contribution is 5.99. The summed E-state index contributed by atoms with van der Waals surface area (Å²) in [6.45, 7) is 1.76. The van der Waals surface area contributed by atoms with Crippen molar-refractivity contribution >= 4 is 22.6 Å². The minimum absolute atomic E-state index is 0.0213. The molecule has 1 unspecified atom stereocenters. The van der Waals surface area contributed by atoms with Crippen molar-refractivity contribution in [2.45, 2.75) is 51.4 Å². The van der Waals surface area contributed by atoms with Crippen molar-refractivity contribution in [1.29, 1.82) is 0 Å². The number of pyridine rings is 2. The molecule has 190 valence electrons. The van der Waals surface area contributed by atoms with Crippen molar-refractivity contribution < 1.29 is 18.0 Å². The van der Waals surface area contributed by atoms with Crippen molar-refractivity contribution in [3.05, 3.63) is 88.8 Å². The molecule has 1 aliphatic carbocycles. The van der Waals surface area contributed by atoms with Gasteiger partial charge in [0.1, 0.15) is 11.6 Å². The van der Waals surface area contributed by atoms with Gasteiger partial charge in [-0.2, -0.15) is 13.2 Å². The fourth-order valence-corrected chi connectivity index (χ4v) is 4.77. The number of hydrogen-bond donors (Lipinski definition) is 1. The minimum Gasteiger partial charge on any atom is -0.383 e. The molecule has 5 rings (SSSR count). The van der Waals surface area contributed by atoms with Gasteiger partial charge >= 0.3 is 6.18 Å². The number of fused-ring (bicyclic) bond motifs is 3. The first-order valence-electron chi connectivity index (χ1n) is 12.0. The number of nitrogens with two attached hydrogens (primary N) is 1. The van der Waals surface area contributed by atoms with Crippen LogP contribution in [0, 0.1) is 0 Å². The van der Waals surface area contributed by atoms with E-state index in [0.29, 0.717) is 22.9 Å². The number of aryl methyl sites for hydroxylation is 1. The first-order valence-corrected chi connectivity index (χ1v) is 12.0. The van der Waals surface area contributed by atoms with Crippen LogP contribution in [-0.2, 0) is 25.6 Å². The maximum Gasteiger partial charge on any atom is 0.417 e. The van der Waals surface area contributed by atoms with Gasteiger partial charge in [-0.05, 0) is 80.1 Å². The smallest absolute Gasteiger partial charge is 0.383 e. The number of nitrogens with zero attached hydrogens (tertiary/aromatic N) is 5. The van der Waals surface area contributed by atoms with Gasteiger partial charge in [-0.3, -0.25) is 9.78 Å². The molecule has 1 amide bonds. The second kappa shape index (κ2) is 9.76. The molecular formula is C27H25F3N6O. The zero-order chi connectivity index (χ0) is 26.2. The van der Waals surface area contributed by atoms with Crippen LogP contribution >= 0.6 is 0 Å². The summed E-state index contributed by atoms with van der Waals surface area (Å²) in [4.78, 5) is 32.5. The average molecular weight is 507 g/mol. The van der Waals surface area contributed by atoms with Crippen LogP contribution < -0.4 is 5.73 Å². The normalized spacial score (nSPS) is 14.3. The third kappa shape index (κ3) is 4.96. The third-order valence-corrected chi connectivity index (χ3v) is 6.76. The monoisotopic (exact) mass is 506 g/mol. The molecule has 3 aromatic heterocycles. The Morgan fingerprint density at radius 1 is 1.05 bits per heavy atom. The lowest BCUT2D eigenvalue weighted by Gasteiger charge is -2.28. The summed E-state index contributed by atoms with van der Waals surface area (Å²) in [5, 5.41) is 0.894. The molecular weight excluding hydrogens is 481 g/mol. The van der Waals surface area contributed by atoms with E-state index >= 15 is 0 Å². The van der Waals surface area contributed by atoms with Crippen LogP contribution in [0.2, 0.25) is 0 Å². The molecule has 0 fully saturated rings. The standard InChI is InChI=1S/C27H25F3N6O/c1-16(25-32-11-4-12-33-25)36(15-19-9-8-18(14-34-19)27(28,29)30)26(37)17-7-10-23-22(13-17)20-5-2-3-6-21(20)24(31)35-23/h4,7-14,16H,2-3,5-6,15H2,1H3,(H2,31,35). The second-order valence-corrected chi connectivity index (χ2v) is 9.15. The Hall–Kier alpha value is -4.08. The number of anilines is 1. The molecule has 1 atom stereocenters. The number of alkyl halides is 3. The zero-order valence-corrected chi connectivity index (χ0v) is 20.2. The number of carbonyl (C=O) groups is 1. The van der Waals surface area contributed by atoms with Crippen LogP contribution in [0.15, 0.2) is 55.0 Å². The van der Waals surface area contributed by atoms with Crippen LogP contribution in [0.3, 0.4) is 0 Å². The number of benzene rings is 1. The molecule has 0 saturated carbocycles. The fourth-order valence-electron chi connectivity index (χ4n) is 4.77. The van der Waals surface area contributed by atoms with Gasteiger partial charge in [0.15, 0.2) is 0 Å². The summed E-state index contributed by atoms with van der Waals surface area (Å²) in [6.07, 6.45) is 3.25. The summed E-state index contributed by atoms with van der Waals surface area (Å²) < 4.78 is 39.1. The number of carbonyl (C=O) groups excluding carboxylic acids is 1. The summed E-state index contributed by atoms with van der Waals surface area (Å²) in [7, 11) is 0. The van der Waals surface area contributed by atoms with Gasteiger partial charge in [0.25, 0.3) is 5.91 Å². The van der Waals surface area contributed by atoms with Crippen molar-refractivity contribution in [1.82, 2.24) is 24.8 Å². The second-order valence-electron chi connectivity index (χ2n) is 9.15. The van der Waals surface area contributed by atoms with Crippen molar-refractivity contribution in [3.63, 3.8) is 0 Å². The van der Waals surface area contributed by atoms with Crippen molar-refractivity contribution in [2.75, 3.05) is 5.73 Å². The van der Waals surface area contributed by atoms with E-state index in [2.05, 4.69) is 19.9 Å². The maximum atomic E-state index is 13.9. The van der Waals surface area contributed by atoms with Gasteiger partial charge in [0.2, 0.25) is 0 Å². The lowest BCUT2D eigenvalue weighted by Crippen LogP contribution is -2.34. The third-order valence-electron chi connectivity index (χ3n) is 6.76. The van der Waals surface area contributed by atoms with E-state index in [1.807, 2.05) is 6.07 Å². The summed E-state index contributed by atoms with van der Waals surface area (Å²) in [5.41, 5.74) is 9.00. The Balaban J connectivity index is 1.53. The van der Waals surface area contributed by atoms with E-state index in [-0.39, 0.29) is 12.5 Å². The molecule has 0 saturated heterocycles. The predicted molar refractivity (Wildman–Crippen MR) is 132 cm³/mol. The van der Waals surface area contributed by atoms with Gasteiger partial charge in [-0.25, -0.2) is 15.0 Å². The molecule has 4 aromatic rings. The minimum atomic E-state index is -4.49. The molecule has 0 spiro atoms. The van der Waals surface area contributed by atoms with Crippen molar-refractivity contribution in [3.8, 4) is 0 Å². The van der Waals surface area contributed by atoms with Gasteiger partial charge in [-0.15, -0.1) is 0 Å². The highest BCUT2D eigenvalue weighted by atomic mass is 19.4. The number of nitrogen functional groups attached to an aromatic ring is 1. The van der Waals surface area contributed by atoms with E-state index in [1.165, 1.54) is 11.0 Å². The quantitative estimate of drug-likeness (QED) is 0.394. The first kappa shape index (κ1) is 24.6. The van der Waals surface area contributed by atoms with Crippen LogP contribution in [0.1, 0.15) is 64.4 Å². The largest absolute Gasteiger partial charge is 0.417 e. The highest BCUT2D eigenvalue weighted by Crippen LogP contribution is 2.33. The zero-order valence-electron chi connectivity index (χ0n) is 20.2. The first-order chi connectivity index (χ1) is 17.7. The summed E-state index contributed by atoms with van der Waals surface area (Å²) in [5.74, 6) is 0.631. The number of amides is 1. The molecule has 1 aliphatic rings. The molecule has 2 N–H and O–H groups in total. The summed E-state index contributed by atoms with van der Waals surface area (Å²) in [6, 6.07) is 8.67. The van der Waals surface area contributed by atoms with E-state index in [1.54, 1.807) is 37.5 Å². The molecule has 3 heterocycles. The SMILES string of the molecule is CC(c1ncccn1)N(Cc1ccc(C(F)(F)F)cn1)C(=O)c1ccc2nc(N)c3c(c2c1)CCCC3. The van der Waals surface area contributed by atoms with Crippen LogP contribution in [-0.4, -0.2) is 30.7 Å². The fraction of sp³-hybridized carbons (Fsp3) is 0.296. The number of halogens is 3. The number of aromatic nitrogens is 4. The molecule has 7 nitrogen and oxygen atoms in total. The Labute approximate surface area is 211 Å². The Bertz CT molecular complexity index is 1440. The molecule has 0 radical (unpaired) electrons. The van der Waals surface area contributed by atoms with Gasteiger partial charge in [-0.1, -0.05) is 0 Å². The number of rotatable bonds is 5. The maximum absolute atomic E-state index is 13.9. The van der Waals surface area contributed by atoms with Crippen LogP contribution in [0.4, 0.5) is 19.0 Å². The lowest BCUT2D eigenvalue weighted by atomic mass is 9.89. The Kier molecular flexibility index (Phi) is 6.49. The molecule has 37 heavy (non-hydrogen) atoms. The van der Waals surface area contributed by atoms with Crippen LogP contribution in [0.5, 0.6) is 0 Å². The van der Waals surface area contributed by atoms with Gasteiger partial charge in [0, 0.05) is 29.5 Å². The van der Waals surface area contributed by atoms with Gasteiger partial charge < -0.3 is 10.6 Å². The summed E-state index contributed by atoms with van der Waals surface area (Å²) >= 11 is 0. The molecule has 10 heteroatoms. The van der Waals surface area contributed by atoms with Gasteiger partial charge in [0.05, 0.1) is 29.4 Å². The topological polar surface area (TPSA) is 97.9 Å². The molecule has 0 aliphatic heterocycles. The average Bonchev–Trinajstić information content (AvgIpc) is 2.91.